The van der Waals surface area contributed by atoms with Crippen molar-refractivity contribution in [2.24, 2.45) is 5.73 Å². The van der Waals surface area contributed by atoms with Gasteiger partial charge in [0.2, 0.25) is 17.7 Å². The van der Waals surface area contributed by atoms with Crippen LogP contribution in [0.5, 0.6) is 0 Å². The fraction of sp³-hybridized carbons (Fsp3) is 0.515. The first kappa shape index (κ1) is 31.8. The van der Waals surface area contributed by atoms with E-state index in [1.807, 2.05) is 42.5 Å². The number of anilines is 1. The van der Waals surface area contributed by atoms with Crippen LogP contribution in [0, 0.1) is 0 Å². The van der Waals surface area contributed by atoms with E-state index in [1.54, 1.807) is 21.9 Å². The summed E-state index contributed by atoms with van der Waals surface area (Å²) in [5.74, 6) is -0.681. The van der Waals surface area contributed by atoms with Gasteiger partial charge in [0.05, 0.1) is 6.67 Å². The molecule has 1 atom stereocenters. The number of carbonyl (C=O) groups is 4. The standard InChI is InChI=1S/C33H43ClN6O4/c34-25-13-11-24(12-14-25)21-28(37-29(41)15-18-35)31(43)38-19-16-33(17-20-38)32(44)39(23-40(33)27-9-5-2-6-10-27)22-30(42)36-26-7-3-1-4-8-26/h2,5-6,9-14,26,28H,1,3-4,7-8,15-23,35H2,(H,36,42)(H,37,41). The second-order valence-corrected chi connectivity index (χ2v) is 12.6. The van der Waals surface area contributed by atoms with Gasteiger partial charge >= 0.3 is 0 Å². The van der Waals surface area contributed by atoms with Gasteiger partial charge in [0, 0.05) is 49.2 Å². The Hall–Kier alpha value is -3.63. The molecule has 236 valence electrons. The quantitative estimate of drug-likeness (QED) is 0.374. The minimum absolute atomic E-state index is 0.0133. The third-order valence-electron chi connectivity index (χ3n) is 9.15. The second-order valence-electron chi connectivity index (χ2n) is 12.2. The van der Waals surface area contributed by atoms with Crippen LogP contribution in [-0.2, 0) is 25.6 Å². The third kappa shape index (κ3) is 7.35. The molecule has 3 fully saturated rings. The predicted octanol–water partition coefficient (Wildman–Crippen LogP) is 2.83. The van der Waals surface area contributed by atoms with Crippen LogP contribution in [0.25, 0.3) is 0 Å². The molecule has 11 heteroatoms. The largest absolute Gasteiger partial charge is 0.352 e. The lowest BCUT2D eigenvalue weighted by atomic mass is 9.85. The summed E-state index contributed by atoms with van der Waals surface area (Å²) in [6, 6.07) is 16.4. The van der Waals surface area contributed by atoms with Gasteiger partial charge in [-0.2, -0.15) is 0 Å². The lowest BCUT2D eigenvalue weighted by molar-refractivity contribution is -0.141. The molecular weight excluding hydrogens is 580 g/mol. The van der Waals surface area contributed by atoms with Crippen LogP contribution >= 0.6 is 11.6 Å². The molecule has 0 radical (unpaired) electrons. The van der Waals surface area contributed by atoms with Crippen LogP contribution in [0.1, 0.15) is 56.9 Å². The highest BCUT2D eigenvalue weighted by Gasteiger charge is 2.54. The van der Waals surface area contributed by atoms with E-state index in [2.05, 4.69) is 15.5 Å². The zero-order valence-electron chi connectivity index (χ0n) is 25.2. The molecule has 0 bridgehead atoms. The van der Waals surface area contributed by atoms with Crippen LogP contribution < -0.4 is 21.3 Å². The van der Waals surface area contributed by atoms with E-state index < -0.39 is 11.6 Å². The fourth-order valence-electron chi connectivity index (χ4n) is 6.79. The molecule has 4 N–H and O–H groups in total. The number of nitrogens with two attached hydrogens (primary N) is 1. The van der Waals surface area contributed by atoms with Gasteiger partial charge in [-0.1, -0.05) is 61.2 Å². The van der Waals surface area contributed by atoms with Crippen LogP contribution in [0.2, 0.25) is 5.02 Å². The first-order chi connectivity index (χ1) is 21.3. The van der Waals surface area contributed by atoms with Crippen molar-refractivity contribution in [2.75, 3.05) is 37.7 Å². The maximum Gasteiger partial charge on any atom is 0.250 e. The number of amides is 4. The highest BCUT2D eigenvalue weighted by molar-refractivity contribution is 6.30. The highest BCUT2D eigenvalue weighted by atomic mass is 35.5. The van der Waals surface area contributed by atoms with E-state index in [1.165, 1.54) is 6.42 Å². The number of hydrogen-bond donors (Lipinski definition) is 3. The van der Waals surface area contributed by atoms with Gasteiger partial charge < -0.3 is 31.1 Å². The van der Waals surface area contributed by atoms with Gasteiger partial charge in [0.25, 0.3) is 5.91 Å². The molecule has 3 aliphatic rings. The van der Waals surface area contributed by atoms with Gasteiger partial charge in [-0.05, 0) is 55.5 Å². The number of carbonyl (C=O) groups excluding carboxylic acids is 4. The number of piperidine rings is 1. The Bertz CT molecular complexity index is 1310. The monoisotopic (exact) mass is 622 g/mol. The molecule has 1 unspecified atom stereocenters. The number of rotatable bonds is 10. The Morgan fingerprint density at radius 2 is 1.64 bits per heavy atom. The van der Waals surface area contributed by atoms with E-state index in [-0.39, 0.29) is 49.2 Å². The Labute approximate surface area is 264 Å². The minimum atomic E-state index is -0.863. The topological polar surface area (TPSA) is 128 Å². The number of para-hydroxylation sites is 1. The van der Waals surface area contributed by atoms with E-state index in [0.29, 0.717) is 44.0 Å². The molecule has 1 aliphatic carbocycles. The summed E-state index contributed by atoms with van der Waals surface area (Å²) < 4.78 is 0. The van der Waals surface area contributed by atoms with Crippen LogP contribution in [0.15, 0.2) is 54.6 Å². The number of hydrogen-bond acceptors (Lipinski definition) is 6. The third-order valence-corrected chi connectivity index (χ3v) is 9.40. The number of likely N-dealkylation sites (tertiary alicyclic amines) is 1. The molecule has 5 rings (SSSR count). The summed E-state index contributed by atoms with van der Waals surface area (Å²) in [7, 11) is 0. The fourth-order valence-corrected chi connectivity index (χ4v) is 6.91. The normalized spacial score (nSPS) is 19.2. The Morgan fingerprint density at radius 1 is 0.955 bits per heavy atom. The first-order valence-electron chi connectivity index (χ1n) is 15.7. The van der Waals surface area contributed by atoms with E-state index in [4.69, 9.17) is 17.3 Å². The number of benzene rings is 2. The van der Waals surface area contributed by atoms with Crippen molar-refractivity contribution in [3.05, 3.63) is 65.2 Å². The van der Waals surface area contributed by atoms with E-state index >= 15 is 0 Å². The lowest BCUT2D eigenvalue weighted by Gasteiger charge is -2.44. The number of halogens is 1. The summed E-state index contributed by atoms with van der Waals surface area (Å²) in [4.78, 5) is 59.0. The smallest absolute Gasteiger partial charge is 0.250 e. The molecule has 1 saturated carbocycles. The highest BCUT2D eigenvalue weighted by Crippen LogP contribution is 2.39. The zero-order valence-corrected chi connectivity index (χ0v) is 25.9. The Morgan fingerprint density at radius 3 is 2.30 bits per heavy atom. The molecule has 2 aliphatic heterocycles. The van der Waals surface area contributed by atoms with Gasteiger partial charge in [-0.15, -0.1) is 0 Å². The van der Waals surface area contributed by atoms with Gasteiger partial charge in [-0.25, -0.2) is 0 Å². The minimum Gasteiger partial charge on any atom is -0.352 e. The van der Waals surface area contributed by atoms with E-state index in [0.717, 1.165) is 36.9 Å². The maximum absolute atomic E-state index is 14.1. The summed E-state index contributed by atoms with van der Waals surface area (Å²) in [5.41, 5.74) is 6.50. The summed E-state index contributed by atoms with van der Waals surface area (Å²) in [6.45, 7) is 1.20. The molecule has 1 spiro atoms. The first-order valence-corrected chi connectivity index (χ1v) is 16.1. The summed E-state index contributed by atoms with van der Waals surface area (Å²) >= 11 is 6.05. The number of nitrogens with zero attached hydrogens (tertiary/aromatic N) is 3. The average Bonchev–Trinajstić information content (AvgIpc) is 3.29. The van der Waals surface area contributed by atoms with Crippen LogP contribution in [-0.4, -0.2) is 83.9 Å². The summed E-state index contributed by atoms with van der Waals surface area (Å²) in [5, 5.41) is 6.60. The molecule has 44 heavy (non-hydrogen) atoms. The molecule has 2 aromatic rings. The van der Waals surface area contributed by atoms with Crippen molar-refractivity contribution >= 4 is 40.9 Å². The van der Waals surface area contributed by atoms with Gasteiger partial charge in [0.1, 0.15) is 18.1 Å². The maximum atomic E-state index is 14.1. The van der Waals surface area contributed by atoms with Gasteiger partial charge in [0.15, 0.2) is 0 Å². The van der Waals surface area contributed by atoms with Gasteiger partial charge in [-0.3, -0.25) is 19.2 Å². The van der Waals surface area contributed by atoms with Crippen molar-refractivity contribution < 1.29 is 19.2 Å². The van der Waals surface area contributed by atoms with Crippen LogP contribution in [0.3, 0.4) is 0 Å². The molecule has 4 amide bonds. The predicted molar refractivity (Wildman–Crippen MR) is 170 cm³/mol. The second kappa shape index (κ2) is 14.4. The molecule has 2 aromatic carbocycles. The zero-order chi connectivity index (χ0) is 31.1. The Balaban J connectivity index is 1.30. The van der Waals surface area contributed by atoms with Crippen molar-refractivity contribution in [2.45, 2.75) is 75.4 Å². The Kier molecular flexibility index (Phi) is 10.4. The van der Waals surface area contributed by atoms with Crippen molar-refractivity contribution in [3.8, 4) is 0 Å². The number of nitrogens with one attached hydrogen (secondary N) is 2. The molecule has 2 saturated heterocycles. The molecular formula is C33H43ClN6O4. The van der Waals surface area contributed by atoms with Crippen molar-refractivity contribution in [1.82, 2.24) is 20.4 Å². The molecule has 10 nitrogen and oxygen atoms in total. The SMILES string of the molecule is NCCC(=O)NC(Cc1ccc(Cl)cc1)C(=O)N1CCC2(CC1)C(=O)N(CC(=O)NC1CCCCC1)CN2c1ccccc1. The summed E-state index contributed by atoms with van der Waals surface area (Å²) in [6.07, 6.45) is 6.66. The molecule has 2 heterocycles. The lowest BCUT2D eigenvalue weighted by Crippen LogP contribution is -2.60. The van der Waals surface area contributed by atoms with E-state index in [9.17, 15) is 19.2 Å². The molecule has 0 aromatic heterocycles. The average molecular weight is 623 g/mol. The van der Waals surface area contributed by atoms with Crippen molar-refractivity contribution in [1.29, 1.82) is 0 Å². The van der Waals surface area contributed by atoms with Crippen molar-refractivity contribution in [3.63, 3.8) is 0 Å². The van der Waals surface area contributed by atoms with Crippen LogP contribution in [0.4, 0.5) is 5.69 Å².